The first-order valence-electron chi connectivity index (χ1n) is 6.85. The summed E-state index contributed by atoms with van der Waals surface area (Å²) >= 11 is 1.68. The highest BCUT2D eigenvalue weighted by atomic mass is 32.1. The highest BCUT2D eigenvalue weighted by Crippen LogP contribution is 2.28. The van der Waals surface area contributed by atoms with Crippen molar-refractivity contribution in [2.24, 2.45) is 0 Å². The van der Waals surface area contributed by atoms with Gasteiger partial charge in [-0.3, -0.25) is 4.79 Å². The van der Waals surface area contributed by atoms with Gasteiger partial charge in [0.1, 0.15) is 6.10 Å². The molecule has 1 unspecified atom stereocenters. The third-order valence-corrected chi connectivity index (χ3v) is 4.57. The molecule has 0 saturated carbocycles. The summed E-state index contributed by atoms with van der Waals surface area (Å²) in [4.78, 5) is 12.6. The van der Waals surface area contributed by atoms with Gasteiger partial charge in [0.2, 0.25) is 0 Å². The smallest absolute Gasteiger partial charge is 0.170 e. The predicted molar refractivity (Wildman–Crippen MR) is 86.7 cm³/mol. The van der Waals surface area contributed by atoms with Gasteiger partial charge in [0.25, 0.3) is 0 Å². The molecule has 3 heteroatoms. The maximum Gasteiger partial charge on any atom is 0.170 e. The van der Waals surface area contributed by atoms with Gasteiger partial charge in [-0.2, -0.15) is 0 Å². The zero-order valence-corrected chi connectivity index (χ0v) is 12.6. The van der Waals surface area contributed by atoms with Crippen molar-refractivity contribution in [3.63, 3.8) is 0 Å². The third kappa shape index (κ3) is 2.89. The lowest BCUT2D eigenvalue weighted by Gasteiger charge is -2.14. The van der Waals surface area contributed by atoms with Crippen LogP contribution in [0.3, 0.4) is 0 Å². The van der Waals surface area contributed by atoms with Crippen molar-refractivity contribution in [3.05, 3.63) is 71.1 Å². The Balaban J connectivity index is 1.85. The van der Waals surface area contributed by atoms with Crippen molar-refractivity contribution >= 4 is 27.2 Å². The number of hydrogen-bond donors (Lipinski definition) is 0. The molecule has 106 valence electrons. The molecule has 1 aromatic heterocycles. The van der Waals surface area contributed by atoms with E-state index in [1.165, 1.54) is 10.1 Å². The Bertz CT molecular complexity index is 746. The summed E-state index contributed by atoms with van der Waals surface area (Å²) in [6.45, 7) is 0. The Morgan fingerprint density at radius 2 is 1.81 bits per heavy atom. The summed E-state index contributed by atoms with van der Waals surface area (Å²) in [5.74, 6) is 0.0900. The van der Waals surface area contributed by atoms with E-state index < -0.39 is 6.10 Å². The zero-order valence-electron chi connectivity index (χ0n) is 11.8. The molecule has 1 heterocycles. The van der Waals surface area contributed by atoms with E-state index in [0.29, 0.717) is 6.42 Å². The lowest BCUT2D eigenvalue weighted by Crippen LogP contribution is -2.16. The number of ether oxygens (including phenoxy) is 1. The number of hydrogen-bond acceptors (Lipinski definition) is 3. The highest BCUT2D eigenvalue weighted by Gasteiger charge is 2.21. The Morgan fingerprint density at radius 1 is 1.10 bits per heavy atom. The predicted octanol–water partition coefficient (Wildman–Crippen LogP) is 4.40. The largest absolute Gasteiger partial charge is 0.369 e. The maximum atomic E-state index is 12.6. The average Bonchev–Trinajstić information content (AvgIpc) is 2.92. The summed E-state index contributed by atoms with van der Waals surface area (Å²) in [6, 6.07) is 17.8. The fraction of sp³-hybridized carbons (Fsp3) is 0.167. The van der Waals surface area contributed by atoms with Gasteiger partial charge in [0.05, 0.1) is 0 Å². The molecule has 2 nitrogen and oxygen atoms in total. The fourth-order valence-corrected chi connectivity index (χ4v) is 3.49. The van der Waals surface area contributed by atoms with Crippen LogP contribution in [0, 0.1) is 0 Å². The van der Waals surface area contributed by atoms with E-state index in [0.717, 1.165) is 11.1 Å². The number of benzene rings is 2. The zero-order chi connectivity index (χ0) is 14.7. The van der Waals surface area contributed by atoms with Crippen LogP contribution in [0.5, 0.6) is 0 Å². The van der Waals surface area contributed by atoms with Crippen LogP contribution in [0.25, 0.3) is 10.1 Å². The Kier molecular flexibility index (Phi) is 4.13. The Hall–Kier alpha value is -1.97. The molecule has 1 atom stereocenters. The van der Waals surface area contributed by atoms with Gasteiger partial charge in [-0.1, -0.05) is 48.5 Å². The van der Waals surface area contributed by atoms with Crippen LogP contribution >= 0.6 is 11.3 Å². The second kappa shape index (κ2) is 6.20. The molecule has 2 aromatic carbocycles. The van der Waals surface area contributed by atoms with Crippen molar-refractivity contribution in [2.75, 3.05) is 7.11 Å². The standard InChI is InChI=1S/C18H16O2S/c1-20-18(13-7-3-2-4-8-13)16(19)11-14-12-21-17-10-6-5-9-15(14)17/h2-10,12,18H,11H2,1H3. The minimum Gasteiger partial charge on any atom is -0.369 e. The molecule has 0 N–H and O–H groups in total. The molecule has 0 radical (unpaired) electrons. The number of fused-ring (bicyclic) bond motifs is 1. The molecular weight excluding hydrogens is 280 g/mol. The topological polar surface area (TPSA) is 26.3 Å². The van der Waals surface area contributed by atoms with Gasteiger partial charge >= 0.3 is 0 Å². The van der Waals surface area contributed by atoms with Crippen LogP contribution in [0.1, 0.15) is 17.2 Å². The third-order valence-electron chi connectivity index (χ3n) is 3.56. The SMILES string of the molecule is COC(C(=O)Cc1csc2ccccc12)c1ccccc1. The number of ketones is 1. The number of Topliss-reactive ketones (excluding diaryl/α,β-unsaturated/α-hetero) is 1. The molecule has 0 aliphatic carbocycles. The molecule has 0 bridgehead atoms. The van der Waals surface area contributed by atoms with E-state index in [9.17, 15) is 4.79 Å². The van der Waals surface area contributed by atoms with Crippen LogP contribution in [0.4, 0.5) is 0 Å². The van der Waals surface area contributed by atoms with E-state index >= 15 is 0 Å². The van der Waals surface area contributed by atoms with Crippen LogP contribution in [-0.4, -0.2) is 12.9 Å². The van der Waals surface area contributed by atoms with Crippen molar-refractivity contribution in [1.29, 1.82) is 0 Å². The molecule has 0 fully saturated rings. The first-order valence-corrected chi connectivity index (χ1v) is 7.73. The maximum absolute atomic E-state index is 12.6. The highest BCUT2D eigenvalue weighted by molar-refractivity contribution is 7.17. The number of carbonyl (C=O) groups is 1. The average molecular weight is 296 g/mol. The second-order valence-electron chi connectivity index (χ2n) is 4.93. The number of methoxy groups -OCH3 is 1. The van der Waals surface area contributed by atoms with E-state index in [4.69, 9.17) is 4.74 Å². The van der Waals surface area contributed by atoms with Crippen LogP contribution in [0.2, 0.25) is 0 Å². The quantitative estimate of drug-likeness (QED) is 0.697. The first kappa shape index (κ1) is 14.0. The lowest BCUT2D eigenvalue weighted by atomic mass is 9.99. The van der Waals surface area contributed by atoms with Crippen molar-refractivity contribution in [2.45, 2.75) is 12.5 Å². The van der Waals surface area contributed by atoms with E-state index in [1.807, 2.05) is 42.5 Å². The number of carbonyl (C=O) groups excluding carboxylic acids is 1. The molecule has 21 heavy (non-hydrogen) atoms. The van der Waals surface area contributed by atoms with Gasteiger partial charge in [0, 0.05) is 18.2 Å². The molecule has 0 aliphatic heterocycles. The van der Waals surface area contributed by atoms with Crippen LogP contribution in [-0.2, 0) is 16.0 Å². The Morgan fingerprint density at radius 3 is 2.57 bits per heavy atom. The molecule has 0 amide bonds. The normalized spacial score (nSPS) is 12.4. The fourth-order valence-electron chi connectivity index (χ4n) is 2.53. The summed E-state index contributed by atoms with van der Waals surface area (Å²) in [5.41, 5.74) is 1.99. The minimum atomic E-state index is -0.495. The van der Waals surface area contributed by atoms with Gasteiger partial charge in [-0.15, -0.1) is 11.3 Å². The Labute approximate surface area is 128 Å². The molecule has 3 rings (SSSR count). The molecular formula is C18H16O2S. The van der Waals surface area contributed by atoms with Crippen molar-refractivity contribution in [3.8, 4) is 0 Å². The minimum absolute atomic E-state index is 0.0900. The summed E-state index contributed by atoms with van der Waals surface area (Å²) in [5, 5.41) is 3.24. The number of thiophene rings is 1. The van der Waals surface area contributed by atoms with Gasteiger partial charge in [-0.25, -0.2) is 0 Å². The second-order valence-corrected chi connectivity index (χ2v) is 5.84. The molecule has 3 aromatic rings. The molecule has 0 spiro atoms. The summed E-state index contributed by atoms with van der Waals surface area (Å²) in [7, 11) is 1.58. The van der Waals surface area contributed by atoms with Crippen molar-refractivity contribution in [1.82, 2.24) is 0 Å². The van der Waals surface area contributed by atoms with Gasteiger partial charge in [0.15, 0.2) is 5.78 Å². The van der Waals surface area contributed by atoms with E-state index in [-0.39, 0.29) is 5.78 Å². The lowest BCUT2D eigenvalue weighted by molar-refractivity contribution is -0.128. The molecule has 0 aliphatic rings. The van der Waals surface area contributed by atoms with Gasteiger partial charge in [-0.05, 0) is 28.0 Å². The molecule has 0 saturated heterocycles. The van der Waals surface area contributed by atoms with Gasteiger partial charge < -0.3 is 4.74 Å². The van der Waals surface area contributed by atoms with Crippen molar-refractivity contribution < 1.29 is 9.53 Å². The first-order chi connectivity index (χ1) is 10.3. The summed E-state index contributed by atoms with van der Waals surface area (Å²) < 4.78 is 6.63. The summed E-state index contributed by atoms with van der Waals surface area (Å²) in [6.07, 6.45) is -0.0953. The van der Waals surface area contributed by atoms with E-state index in [1.54, 1.807) is 18.4 Å². The van der Waals surface area contributed by atoms with Crippen LogP contribution in [0.15, 0.2) is 60.0 Å². The monoisotopic (exact) mass is 296 g/mol. The van der Waals surface area contributed by atoms with Crippen LogP contribution < -0.4 is 0 Å². The van der Waals surface area contributed by atoms with E-state index in [2.05, 4.69) is 17.5 Å². The number of rotatable bonds is 5.